The summed E-state index contributed by atoms with van der Waals surface area (Å²) in [6.07, 6.45) is 0.313. The van der Waals surface area contributed by atoms with Crippen molar-refractivity contribution in [2.75, 3.05) is 0 Å². The minimum absolute atomic E-state index is 0.0622. The van der Waals surface area contributed by atoms with Gasteiger partial charge in [-0.15, -0.1) is 0 Å². The maximum Gasteiger partial charge on any atom is 0.379 e. The van der Waals surface area contributed by atoms with Crippen molar-refractivity contribution in [3.8, 4) is 11.5 Å². The molecule has 3 heterocycles. The third kappa shape index (κ3) is 2.50. The molecule has 0 fully saturated rings. The highest BCUT2D eigenvalue weighted by Crippen LogP contribution is 2.29. The molecule has 0 amide bonds. The highest BCUT2D eigenvalue weighted by molar-refractivity contribution is 5.90. The summed E-state index contributed by atoms with van der Waals surface area (Å²) in [7, 11) is 0. The Morgan fingerprint density at radius 1 is 0.652 bits per heavy atom. The maximum absolute atomic E-state index is 12.1. The molecule has 114 valence electrons. The molecular formula is C17H10O6. The van der Waals surface area contributed by atoms with Gasteiger partial charge in [0.25, 0.3) is 0 Å². The predicted octanol–water partition coefficient (Wildman–Crippen LogP) is 3.22. The first-order valence-electron chi connectivity index (χ1n) is 6.90. The SMILES string of the molecule is O=C1Oc2ccccc2OC(=O)c2ccc(o2)Cc2ccc1o2. The van der Waals surface area contributed by atoms with Crippen LogP contribution in [-0.4, -0.2) is 11.9 Å². The van der Waals surface area contributed by atoms with E-state index in [0.29, 0.717) is 17.9 Å². The highest BCUT2D eigenvalue weighted by Gasteiger charge is 2.21. The van der Waals surface area contributed by atoms with Gasteiger partial charge in [0, 0.05) is 0 Å². The van der Waals surface area contributed by atoms with E-state index in [1.54, 1.807) is 24.3 Å². The number of hydrogen-bond acceptors (Lipinski definition) is 6. The Labute approximate surface area is 130 Å². The second-order valence-electron chi connectivity index (χ2n) is 4.93. The minimum Gasteiger partial charge on any atom is -0.454 e. The van der Waals surface area contributed by atoms with E-state index < -0.39 is 11.9 Å². The first-order valence-corrected chi connectivity index (χ1v) is 6.90. The van der Waals surface area contributed by atoms with Crippen molar-refractivity contribution in [1.82, 2.24) is 0 Å². The van der Waals surface area contributed by atoms with Gasteiger partial charge in [-0.05, 0) is 36.4 Å². The first kappa shape index (κ1) is 13.4. The Morgan fingerprint density at radius 2 is 1.13 bits per heavy atom. The van der Waals surface area contributed by atoms with Gasteiger partial charge in [-0.3, -0.25) is 0 Å². The van der Waals surface area contributed by atoms with E-state index in [4.69, 9.17) is 18.3 Å². The summed E-state index contributed by atoms with van der Waals surface area (Å²) in [5.41, 5.74) is 0. The van der Waals surface area contributed by atoms with E-state index in [-0.39, 0.29) is 23.0 Å². The first-order chi connectivity index (χ1) is 11.2. The van der Waals surface area contributed by atoms with Crippen LogP contribution in [0.4, 0.5) is 0 Å². The lowest BCUT2D eigenvalue weighted by atomic mass is 10.3. The molecular weight excluding hydrogens is 300 g/mol. The molecule has 2 aromatic heterocycles. The van der Waals surface area contributed by atoms with E-state index in [9.17, 15) is 9.59 Å². The van der Waals surface area contributed by atoms with Gasteiger partial charge >= 0.3 is 11.9 Å². The smallest absolute Gasteiger partial charge is 0.379 e. The molecule has 0 aliphatic carbocycles. The number of carbonyl (C=O) groups is 2. The van der Waals surface area contributed by atoms with E-state index in [1.807, 2.05) is 0 Å². The molecule has 6 heteroatoms. The molecule has 0 saturated heterocycles. The molecule has 4 rings (SSSR count). The fourth-order valence-electron chi connectivity index (χ4n) is 2.26. The number of ether oxygens (including phenoxy) is 2. The number of hydrogen-bond donors (Lipinski definition) is 0. The Balaban J connectivity index is 1.82. The van der Waals surface area contributed by atoms with Crippen LogP contribution in [0.25, 0.3) is 0 Å². The van der Waals surface area contributed by atoms with Crippen molar-refractivity contribution in [2.45, 2.75) is 6.42 Å². The molecule has 3 aromatic rings. The van der Waals surface area contributed by atoms with E-state index in [0.717, 1.165) is 0 Å². The van der Waals surface area contributed by atoms with Gasteiger partial charge in [0.1, 0.15) is 11.5 Å². The fourth-order valence-corrected chi connectivity index (χ4v) is 2.26. The molecule has 1 aliphatic rings. The lowest BCUT2D eigenvalue weighted by Crippen LogP contribution is -2.11. The highest BCUT2D eigenvalue weighted by atomic mass is 16.6. The average Bonchev–Trinajstić information content (AvgIpc) is 3.18. The largest absolute Gasteiger partial charge is 0.454 e. The molecule has 0 radical (unpaired) electrons. The van der Waals surface area contributed by atoms with Crippen molar-refractivity contribution < 1.29 is 27.9 Å². The average molecular weight is 310 g/mol. The third-order valence-corrected chi connectivity index (χ3v) is 3.33. The maximum atomic E-state index is 12.1. The van der Waals surface area contributed by atoms with Crippen LogP contribution in [-0.2, 0) is 6.42 Å². The van der Waals surface area contributed by atoms with Gasteiger partial charge in [-0.1, -0.05) is 12.1 Å². The predicted molar refractivity (Wildman–Crippen MR) is 76.6 cm³/mol. The standard InChI is InChI=1S/C17H10O6/c18-16-14-7-5-10(20-14)9-11-6-8-15(21-11)17(19)23-13-4-2-1-3-12(13)22-16/h1-8H,9H2. The third-order valence-electron chi connectivity index (χ3n) is 3.33. The fraction of sp³-hybridized carbons (Fsp3) is 0.0588. The van der Waals surface area contributed by atoms with Gasteiger partial charge in [-0.25, -0.2) is 9.59 Å². The van der Waals surface area contributed by atoms with Crippen molar-refractivity contribution in [2.24, 2.45) is 0 Å². The minimum atomic E-state index is -0.668. The van der Waals surface area contributed by atoms with Crippen LogP contribution in [0, 0.1) is 0 Å². The molecule has 23 heavy (non-hydrogen) atoms. The number of para-hydroxylation sites is 2. The molecule has 0 spiro atoms. The molecule has 1 aromatic carbocycles. The van der Waals surface area contributed by atoms with Crippen molar-refractivity contribution in [3.63, 3.8) is 0 Å². The lowest BCUT2D eigenvalue weighted by molar-refractivity contribution is 0.0650. The van der Waals surface area contributed by atoms with Crippen LogP contribution in [0.5, 0.6) is 11.5 Å². The van der Waals surface area contributed by atoms with Gasteiger partial charge in [0.05, 0.1) is 6.42 Å². The van der Waals surface area contributed by atoms with Crippen LogP contribution in [0.15, 0.2) is 57.4 Å². The second-order valence-corrected chi connectivity index (χ2v) is 4.93. The topological polar surface area (TPSA) is 78.9 Å². The Bertz CT molecular complexity index is 828. The number of rotatable bonds is 0. The van der Waals surface area contributed by atoms with Crippen LogP contribution < -0.4 is 9.47 Å². The van der Waals surface area contributed by atoms with Gasteiger partial charge < -0.3 is 18.3 Å². The summed E-state index contributed by atoms with van der Waals surface area (Å²) in [6, 6.07) is 12.8. The quantitative estimate of drug-likeness (QED) is 0.468. The number of carbonyl (C=O) groups excluding carboxylic acids is 2. The number of furan rings is 2. The van der Waals surface area contributed by atoms with Gasteiger partial charge in [-0.2, -0.15) is 0 Å². The summed E-state index contributed by atoms with van der Waals surface area (Å²) in [5, 5.41) is 0. The second kappa shape index (κ2) is 5.17. The Kier molecular flexibility index (Phi) is 3.01. The van der Waals surface area contributed by atoms with Crippen molar-refractivity contribution in [1.29, 1.82) is 0 Å². The summed E-state index contributed by atoms with van der Waals surface area (Å²) in [5.74, 6) is 0.0815. The monoisotopic (exact) mass is 310 g/mol. The summed E-state index contributed by atoms with van der Waals surface area (Å²) in [4.78, 5) is 24.3. The molecule has 1 aliphatic heterocycles. The number of fused-ring (bicyclic) bond motifs is 5. The summed E-state index contributed by atoms with van der Waals surface area (Å²) < 4.78 is 21.4. The normalized spacial score (nSPS) is 13.9. The molecule has 0 N–H and O–H groups in total. The van der Waals surface area contributed by atoms with E-state index in [2.05, 4.69) is 0 Å². The zero-order chi connectivity index (χ0) is 15.8. The van der Waals surface area contributed by atoms with Crippen LogP contribution in [0.3, 0.4) is 0 Å². The van der Waals surface area contributed by atoms with Crippen molar-refractivity contribution in [3.05, 3.63) is 71.6 Å². The summed E-state index contributed by atoms with van der Waals surface area (Å²) in [6.45, 7) is 0. The van der Waals surface area contributed by atoms with Gasteiger partial charge in [0.2, 0.25) is 11.5 Å². The van der Waals surface area contributed by atoms with E-state index in [1.165, 1.54) is 24.3 Å². The van der Waals surface area contributed by atoms with Crippen molar-refractivity contribution >= 4 is 11.9 Å². The number of esters is 2. The van der Waals surface area contributed by atoms with Crippen LogP contribution in [0.2, 0.25) is 0 Å². The Hall–Kier alpha value is -3.28. The molecule has 0 saturated carbocycles. The van der Waals surface area contributed by atoms with E-state index >= 15 is 0 Å². The summed E-state index contributed by atoms with van der Waals surface area (Å²) >= 11 is 0. The molecule has 4 bridgehead atoms. The molecule has 6 nitrogen and oxygen atoms in total. The zero-order valence-corrected chi connectivity index (χ0v) is 11.8. The lowest BCUT2D eigenvalue weighted by Gasteiger charge is -2.08. The van der Waals surface area contributed by atoms with Crippen LogP contribution >= 0.6 is 0 Å². The molecule has 0 unspecified atom stereocenters. The molecule has 0 atom stereocenters. The van der Waals surface area contributed by atoms with Crippen LogP contribution in [0.1, 0.15) is 32.6 Å². The zero-order valence-electron chi connectivity index (χ0n) is 11.8. The number of benzene rings is 1. The van der Waals surface area contributed by atoms with Gasteiger partial charge in [0.15, 0.2) is 11.5 Å². The Morgan fingerprint density at radius 3 is 1.61 bits per heavy atom.